The van der Waals surface area contributed by atoms with Crippen LogP contribution in [0.15, 0.2) is 70.4 Å². The molecule has 0 spiro atoms. The van der Waals surface area contributed by atoms with Gasteiger partial charge in [0.05, 0.1) is 16.7 Å². The van der Waals surface area contributed by atoms with E-state index in [-0.39, 0.29) is 22.8 Å². The van der Waals surface area contributed by atoms with Crippen molar-refractivity contribution in [3.05, 3.63) is 83.3 Å². The van der Waals surface area contributed by atoms with Crippen LogP contribution in [0.3, 0.4) is 0 Å². The lowest BCUT2D eigenvalue weighted by Gasteiger charge is -2.32. The first-order valence-electron chi connectivity index (χ1n) is 11.1. The van der Waals surface area contributed by atoms with E-state index in [2.05, 4.69) is 10.0 Å². The summed E-state index contributed by atoms with van der Waals surface area (Å²) in [4.78, 5) is 27.1. The van der Waals surface area contributed by atoms with Gasteiger partial charge in [0.15, 0.2) is 0 Å². The number of hydrogen-bond donors (Lipinski definition) is 2. The van der Waals surface area contributed by atoms with Crippen LogP contribution in [0.5, 0.6) is 0 Å². The van der Waals surface area contributed by atoms with Gasteiger partial charge in [-0.25, -0.2) is 8.42 Å². The molecule has 1 aromatic heterocycles. The molecule has 1 fully saturated rings. The minimum atomic E-state index is -3.74. The molecule has 0 radical (unpaired) electrons. The van der Waals surface area contributed by atoms with Crippen molar-refractivity contribution in [1.29, 1.82) is 0 Å². The molecule has 0 atom stereocenters. The predicted octanol–water partition coefficient (Wildman–Crippen LogP) is 3.73. The fourth-order valence-electron chi connectivity index (χ4n) is 3.96. The van der Waals surface area contributed by atoms with Crippen molar-refractivity contribution in [1.82, 2.24) is 10.2 Å². The number of nitrogens with one attached hydrogen (secondary N) is 2. The Morgan fingerprint density at radius 3 is 2.32 bits per heavy atom. The monoisotopic (exact) mass is 481 g/mol. The van der Waals surface area contributed by atoms with Gasteiger partial charge in [-0.2, -0.15) is 0 Å². The van der Waals surface area contributed by atoms with Crippen LogP contribution in [0, 0.1) is 13.8 Å². The number of furan rings is 1. The van der Waals surface area contributed by atoms with E-state index in [9.17, 15) is 18.0 Å². The molecule has 8 nitrogen and oxygen atoms in total. The van der Waals surface area contributed by atoms with Gasteiger partial charge in [-0.3, -0.25) is 14.3 Å². The second kappa shape index (κ2) is 9.72. The van der Waals surface area contributed by atoms with Crippen molar-refractivity contribution in [2.75, 3.05) is 17.8 Å². The number of nitrogens with zero attached hydrogens (tertiary/aromatic N) is 1. The van der Waals surface area contributed by atoms with Gasteiger partial charge >= 0.3 is 0 Å². The zero-order chi connectivity index (χ0) is 24.3. The van der Waals surface area contributed by atoms with Crippen LogP contribution in [0.2, 0.25) is 0 Å². The zero-order valence-corrected chi connectivity index (χ0v) is 19.9. The largest absolute Gasteiger partial charge is 0.472 e. The number of likely N-dealkylation sites (tertiary alicyclic amines) is 1. The van der Waals surface area contributed by atoms with Gasteiger partial charge in [0.25, 0.3) is 21.8 Å². The molecular weight excluding hydrogens is 454 g/mol. The van der Waals surface area contributed by atoms with Crippen molar-refractivity contribution in [2.45, 2.75) is 37.6 Å². The summed E-state index contributed by atoms with van der Waals surface area (Å²) in [5, 5.41) is 3.00. The first-order chi connectivity index (χ1) is 16.2. The molecule has 2 heterocycles. The van der Waals surface area contributed by atoms with Crippen molar-refractivity contribution in [2.24, 2.45) is 0 Å². The Morgan fingerprint density at radius 2 is 1.68 bits per heavy atom. The van der Waals surface area contributed by atoms with Crippen LogP contribution in [-0.2, 0) is 10.0 Å². The first-order valence-corrected chi connectivity index (χ1v) is 12.5. The number of amides is 2. The molecule has 34 heavy (non-hydrogen) atoms. The van der Waals surface area contributed by atoms with Gasteiger partial charge in [0.2, 0.25) is 0 Å². The number of carbonyl (C=O) groups is 2. The summed E-state index contributed by atoms with van der Waals surface area (Å²) in [6, 6.07) is 13.2. The number of carbonyl (C=O) groups excluding carboxylic acids is 2. The number of aryl methyl sites for hydroxylation is 2. The summed E-state index contributed by atoms with van der Waals surface area (Å²) in [5.74, 6) is -0.305. The summed E-state index contributed by atoms with van der Waals surface area (Å²) < 4.78 is 33.1. The molecule has 0 unspecified atom stereocenters. The fourth-order valence-corrected chi connectivity index (χ4v) is 5.35. The van der Waals surface area contributed by atoms with E-state index >= 15 is 0 Å². The van der Waals surface area contributed by atoms with Crippen molar-refractivity contribution < 1.29 is 22.4 Å². The summed E-state index contributed by atoms with van der Waals surface area (Å²) in [7, 11) is -3.74. The van der Waals surface area contributed by atoms with E-state index in [0.717, 1.165) is 5.56 Å². The fraction of sp³-hybridized carbons (Fsp3) is 0.280. The second-order valence-electron chi connectivity index (χ2n) is 8.50. The third-order valence-corrected chi connectivity index (χ3v) is 7.44. The van der Waals surface area contributed by atoms with Gasteiger partial charge in [-0.1, -0.05) is 12.1 Å². The Morgan fingerprint density at radius 1 is 0.971 bits per heavy atom. The molecule has 0 saturated carbocycles. The predicted molar refractivity (Wildman–Crippen MR) is 128 cm³/mol. The third kappa shape index (κ3) is 5.31. The number of hydrogen-bond acceptors (Lipinski definition) is 5. The van der Waals surface area contributed by atoms with Crippen molar-refractivity contribution in [3.63, 3.8) is 0 Å². The van der Waals surface area contributed by atoms with Gasteiger partial charge in [0, 0.05) is 30.4 Å². The maximum Gasteiger partial charge on any atom is 0.262 e. The van der Waals surface area contributed by atoms with Crippen LogP contribution in [0.1, 0.15) is 44.7 Å². The summed E-state index contributed by atoms with van der Waals surface area (Å²) >= 11 is 0. The molecule has 178 valence electrons. The molecule has 4 rings (SSSR count). The molecule has 1 aliphatic heterocycles. The van der Waals surface area contributed by atoms with Gasteiger partial charge in [-0.15, -0.1) is 0 Å². The highest BCUT2D eigenvalue weighted by molar-refractivity contribution is 7.92. The van der Waals surface area contributed by atoms with Crippen LogP contribution in [0.4, 0.5) is 5.69 Å². The van der Waals surface area contributed by atoms with E-state index in [0.29, 0.717) is 48.3 Å². The van der Waals surface area contributed by atoms with Crippen molar-refractivity contribution >= 4 is 27.5 Å². The van der Waals surface area contributed by atoms with Gasteiger partial charge in [0.1, 0.15) is 6.26 Å². The maximum absolute atomic E-state index is 12.8. The molecule has 0 bridgehead atoms. The highest BCUT2D eigenvalue weighted by Crippen LogP contribution is 2.21. The Labute approximate surface area is 199 Å². The standard InChI is InChI=1S/C25H27N3O5S/c1-17-3-4-18(2)23(15-17)34(31,32)27-22-7-5-19(6-8-22)24(29)26-21-9-12-28(13-10-21)25(30)20-11-14-33-16-20/h3-8,11,14-16,21,27H,9-10,12-13H2,1-2H3,(H,26,29). The lowest BCUT2D eigenvalue weighted by atomic mass is 10.0. The van der Waals surface area contributed by atoms with Gasteiger partial charge in [-0.05, 0) is 74.2 Å². The van der Waals surface area contributed by atoms with Gasteiger partial charge < -0.3 is 14.6 Å². The van der Waals surface area contributed by atoms with E-state index in [1.54, 1.807) is 54.3 Å². The third-order valence-electron chi connectivity index (χ3n) is 5.92. The summed E-state index contributed by atoms with van der Waals surface area (Å²) in [5.41, 5.74) is 2.85. The molecular formula is C25H27N3O5S. The number of anilines is 1. The van der Waals surface area contributed by atoms with Crippen LogP contribution < -0.4 is 10.0 Å². The van der Waals surface area contributed by atoms with E-state index in [1.165, 1.54) is 12.5 Å². The van der Waals surface area contributed by atoms with Crippen LogP contribution in [-0.4, -0.2) is 44.3 Å². The highest BCUT2D eigenvalue weighted by atomic mass is 32.2. The topological polar surface area (TPSA) is 109 Å². The number of rotatable bonds is 6. The zero-order valence-electron chi connectivity index (χ0n) is 19.1. The molecule has 1 saturated heterocycles. The summed E-state index contributed by atoms with van der Waals surface area (Å²) in [6.45, 7) is 4.69. The Bertz CT molecular complexity index is 1280. The molecule has 1 aliphatic rings. The highest BCUT2D eigenvalue weighted by Gasteiger charge is 2.25. The lowest BCUT2D eigenvalue weighted by Crippen LogP contribution is -2.46. The maximum atomic E-state index is 12.8. The van der Waals surface area contributed by atoms with Crippen LogP contribution >= 0.6 is 0 Å². The number of benzene rings is 2. The Hall–Kier alpha value is -3.59. The molecule has 3 aromatic rings. The van der Waals surface area contributed by atoms with E-state index in [4.69, 9.17) is 4.42 Å². The minimum absolute atomic E-state index is 0.0385. The van der Waals surface area contributed by atoms with E-state index < -0.39 is 10.0 Å². The molecule has 2 N–H and O–H groups in total. The van der Waals surface area contributed by atoms with E-state index in [1.807, 2.05) is 13.0 Å². The second-order valence-corrected chi connectivity index (χ2v) is 10.2. The smallest absolute Gasteiger partial charge is 0.262 e. The summed E-state index contributed by atoms with van der Waals surface area (Å²) in [6.07, 6.45) is 4.22. The Balaban J connectivity index is 1.33. The first kappa shape index (κ1) is 23.6. The number of sulfonamides is 1. The average Bonchev–Trinajstić information content (AvgIpc) is 3.36. The minimum Gasteiger partial charge on any atom is -0.472 e. The normalized spacial score (nSPS) is 14.6. The van der Waals surface area contributed by atoms with Crippen LogP contribution in [0.25, 0.3) is 0 Å². The SMILES string of the molecule is Cc1ccc(C)c(S(=O)(=O)Nc2ccc(C(=O)NC3CCN(C(=O)c4ccoc4)CC3)cc2)c1. The molecule has 0 aliphatic carbocycles. The lowest BCUT2D eigenvalue weighted by molar-refractivity contribution is 0.0697. The number of piperidine rings is 1. The quantitative estimate of drug-likeness (QED) is 0.558. The molecule has 2 amide bonds. The molecule has 2 aromatic carbocycles. The molecule has 9 heteroatoms. The average molecular weight is 482 g/mol. The van der Waals surface area contributed by atoms with Crippen molar-refractivity contribution in [3.8, 4) is 0 Å². The Kier molecular flexibility index (Phi) is 6.74.